The first-order valence-electron chi connectivity index (χ1n) is 26.2. The molecule has 11 rings (SSSR count). The number of hydrogen-bond donors (Lipinski definition) is 4. The molecule has 5 atom stereocenters. The fourth-order valence-electron chi connectivity index (χ4n) is 11.9. The fourth-order valence-corrected chi connectivity index (χ4v) is 11.9. The van der Waals surface area contributed by atoms with Gasteiger partial charge in [0.1, 0.15) is 47.9 Å². The van der Waals surface area contributed by atoms with Gasteiger partial charge in [-0.3, -0.25) is 39.3 Å². The number of likely N-dealkylation sites (N-methyl/N-ethyl adjacent to an activating group) is 1. The number of phenolic OH excluding ortho intramolecular Hbond substituents is 1. The summed E-state index contributed by atoms with van der Waals surface area (Å²) >= 11 is 0. The molecule has 5 fully saturated rings. The van der Waals surface area contributed by atoms with Crippen molar-refractivity contribution in [3.8, 4) is 35.4 Å². The largest absolute Gasteiger partial charge is 0.508 e. The number of anilines is 2. The van der Waals surface area contributed by atoms with Crippen LogP contribution >= 0.6 is 0 Å². The number of benzene rings is 3. The van der Waals surface area contributed by atoms with Gasteiger partial charge in [-0.05, 0) is 80.3 Å². The summed E-state index contributed by atoms with van der Waals surface area (Å²) < 4.78 is 56.1. The third-order valence-electron chi connectivity index (χ3n) is 15.7. The van der Waals surface area contributed by atoms with Gasteiger partial charge in [0.25, 0.3) is 11.8 Å². The normalized spacial score (nSPS) is 22.8. The second kappa shape index (κ2) is 21.5. The molecular formula is C56H58F2N10O10. The maximum atomic E-state index is 17.2. The maximum absolute atomic E-state index is 17.2. The van der Waals surface area contributed by atoms with E-state index < -0.39 is 52.9 Å². The van der Waals surface area contributed by atoms with E-state index in [1.54, 1.807) is 19.2 Å². The van der Waals surface area contributed by atoms with Gasteiger partial charge in [-0.2, -0.15) is 9.97 Å². The lowest BCUT2D eigenvalue weighted by molar-refractivity contribution is -0.136. The summed E-state index contributed by atoms with van der Waals surface area (Å²) in [6, 6.07) is 9.48. The smallest absolute Gasteiger partial charge is 0.409 e. The molecule has 0 radical (unpaired) electrons. The number of nitrogens with one attached hydrogen (secondary N) is 3. The fraction of sp³-hybridized carbons (Fsp3) is 0.429. The SMILES string of the molecule is C#Cc1c(F)ccc2cc(O)cc(-c3ncc4c(N5CC6CCC(C5)N6)nc(OC[C@@]56CC[C@@H](COC(=O)N(C)CCOCCOCCNc7ccc8c(c7)C(=O)N(C7CCC(=O)NC7=O)C8=O)N5CC(=C)C6)nc4c3F)c12. The number of aromatic hydroxyl groups is 1. The number of rotatable bonds is 18. The summed E-state index contributed by atoms with van der Waals surface area (Å²) in [7, 11) is 1.64. The highest BCUT2D eigenvalue weighted by molar-refractivity contribution is 6.23. The van der Waals surface area contributed by atoms with Crippen LogP contribution in [0, 0.1) is 24.0 Å². The van der Waals surface area contributed by atoms with E-state index in [1.165, 1.54) is 41.4 Å². The van der Waals surface area contributed by atoms with Gasteiger partial charge in [-0.1, -0.05) is 24.1 Å². The molecule has 0 spiro atoms. The Balaban J connectivity index is 0.668. The molecule has 2 aromatic heterocycles. The van der Waals surface area contributed by atoms with Crippen LogP contribution in [0.15, 0.2) is 60.8 Å². The molecule has 22 heteroatoms. The quantitative estimate of drug-likeness (QED) is 0.0396. The van der Waals surface area contributed by atoms with Gasteiger partial charge in [-0.15, -0.1) is 6.42 Å². The van der Waals surface area contributed by atoms with Gasteiger partial charge in [-0.25, -0.2) is 13.6 Å². The van der Waals surface area contributed by atoms with Crippen LogP contribution in [0.1, 0.15) is 71.2 Å². The number of phenols is 1. The molecule has 5 saturated heterocycles. The van der Waals surface area contributed by atoms with Crippen molar-refractivity contribution in [3.63, 3.8) is 0 Å². The topological polar surface area (TPSA) is 230 Å². The van der Waals surface area contributed by atoms with Crippen LogP contribution in [-0.4, -0.2) is 174 Å². The van der Waals surface area contributed by atoms with Gasteiger partial charge >= 0.3 is 12.1 Å². The van der Waals surface area contributed by atoms with Crippen LogP contribution in [0.5, 0.6) is 11.8 Å². The summed E-state index contributed by atoms with van der Waals surface area (Å²) in [5.74, 6) is -1.03. The summed E-state index contributed by atoms with van der Waals surface area (Å²) in [5.41, 5.74) is 1.28. The third-order valence-corrected chi connectivity index (χ3v) is 15.7. The Morgan fingerprint density at radius 1 is 0.974 bits per heavy atom. The lowest BCUT2D eigenvalue weighted by atomic mass is 9.94. The van der Waals surface area contributed by atoms with Gasteiger partial charge in [0.05, 0.1) is 54.0 Å². The van der Waals surface area contributed by atoms with E-state index in [2.05, 4.69) is 48.2 Å². The van der Waals surface area contributed by atoms with Crippen LogP contribution in [-0.2, 0) is 23.8 Å². The first-order valence-corrected chi connectivity index (χ1v) is 26.2. The molecule has 0 aliphatic carbocycles. The van der Waals surface area contributed by atoms with Crippen LogP contribution in [0.3, 0.4) is 0 Å². The number of piperidine rings is 1. The molecule has 2 bridgehead atoms. The van der Waals surface area contributed by atoms with Gasteiger partial charge in [0.2, 0.25) is 11.8 Å². The van der Waals surface area contributed by atoms with Gasteiger partial charge in [0.15, 0.2) is 5.82 Å². The van der Waals surface area contributed by atoms with Crippen molar-refractivity contribution >= 4 is 62.9 Å². The number of pyridine rings is 1. The monoisotopic (exact) mass is 1070 g/mol. The van der Waals surface area contributed by atoms with Crippen molar-refractivity contribution in [3.05, 3.63) is 89.1 Å². The van der Waals surface area contributed by atoms with E-state index in [-0.39, 0.29) is 115 Å². The van der Waals surface area contributed by atoms with E-state index in [4.69, 9.17) is 30.4 Å². The number of imide groups is 2. The van der Waals surface area contributed by atoms with Crippen LogP contribution in [0.4, 0.5) is 25.1 Å². The number of amides is 5. The number of nitrogens with zero attached hydrogens (tertiary/aromatic N) is 7. The van der Waals surface area contributed by atoms with Crippen molar-refractivity contribution in [1.29, 1.82) is 0 Å². The molecule has 6 aliphatic rings. The second-order valence-corrected chi connectivity index (χ2v) is 20.8. The highest BCUT2D eigenvalue weighted by Gasteiger charge is 2.52. The van der Waals surface area contributed by atoms with E-state index in [9.17, 15) is 29.1 Å². The van der Waals surface area contributed by atoms with E-state index in [0.717, 1.165) is 29.7 Å². The Kier molecular flexibility index (Phi) is 14.4. The van der Waals surface area contributed by atoms with Crippen molar-refractivity contribution in [2.24, 2.45) is 0 Å². The Bertz CT molecular complexity index is 3330. The van der Waals surface area contributed by atoms with Crippen LogP contribution < -0.4 is 25.6 Å². The van der Waals surface area contributed by atoms with Crippen molar-refractivity contribution in [2.45, 2.75) is 74.7 Å². The lowest BCUT2D eigenvalue weighted by Gasteiger charge is -2.35. The van der Waals surface area contributed by atoms with E-state index in [0.29, 0.717) is 74.5 Å². The molecule has 5 aromatic rings. The Morgan fingerprint density at radius 2 is 1.76 bits per heavy atom. The average Bonchev–Trinajstić information content (AvgIpc) is 4.18. The van der Waals surface area contributed by atoms with Crippen LogP contribution in [0.25, 0.3) is 32.9 Å². The zero-order valence-electron chi connectivity index (χ0n) is 42.9. The molecule has 4 N–H and O–H groups in total. The van der Waals surface area contributed by atoms with Crippen molar-refractivity contribution in [1.82, 2.24) is 40.3 Å². The molecule has 3 unspecified atom stereocenters. The first kappa shape index (κ1) is 52.2. The number of aromatic nitrogens is 3. The standard InChI is InChI=1S/C56H58F2N10O10/c1-4-38-43(57)10-5-32-21-37(69)23-41(46(32)38)48-47(58)49-42(25-60-48)50(66-27-34-6-7-35(28-66)61-34)64-54(63-49)78-30-56-14-13-36(67(56)26-31(2)24-56)29-77-55(74)65(3)16-18-76-20-19-75-17-15-59-33-8-9-39-40(22-33)53(73)68(52(39)72)44-11-12-45(70)62-51(44)71/h1,5,8-10,21-23,25,34-36,44,59,61,69H,2,6-7,11-20,24,26-30H2,3H3,(H,62,70,71)/t34?,35?,36-,44?,56-/m0/s1. The van der Waals surface area contributed by atoms with Crippen LogP contribution in [0.2, 0.25) is 0 Å². The third kappa shape index (κ3) is 10.0. The summed E-state index contributed by atoms with van der Waals surface area (Å²) in [6.45, 7) is 8.26. The number of fused-ring (bicyclic) bond motifs is 6. The minimum Gasteiger partial charge on any atom is -0.508 e. The highest BCUT2D eigenvalue weighted by Crippen LogP contribution is 2.45. The Hall–Kier alpha value is -7.84. The molecule has 0 saturated carbocycles. The summed E-state index contributed by atoms with van der Waals surface area (Å²) in [5, 5.41) is 20.7. The maximum Gasteiger partial charge on any atom is 0.409 e. The number of ether oxygens (including phenoxy) is 4. The molecule has 20 nitrogen and oxygen atoms in total. The number of carbonyl (C=O) groups excluding carboxylic acids is 5. The molecule has 8 heterocycles. The van der Waals surface area contributed by atoms with E-state index in [1.807, 2.05) is 0 Å². The predicted molar refractivity (Wildman–Crippen MR) is 281 cm³/mol. The first-order chi connectivity index (χ1) is 37.7. The molecule has 5 amide bonds. The molecule has 6 aliphatic heterocycles. The minimum atomic E-state index is -1.04. The zero-order valence-corrected chi connectivity index (χ0v) is 42.9. The Morgan fingerprint density at radius 3 is 2.54 bits per heavy atom. The average molecular weight is 1070 g/mol. The predicted octanol–water partition coefficient (Wildman–Crippen LogP) is 4.91. The lowest BCUT2D eigenvalue weighted by Crippen LogP contribution is -2.54. The number of halogens is 2. The number of carbonyl (C=O) groups is 5. The van der Waals surface area contributed by atoms with Gasteiger partial charge in [0, 0.05) is 87.2 Å². The summed E-state index contributed by atoms with van der Waals surface area (Å²) in [4.78, 5) is 84.2. The molecule has 406 valence electrons. The second-order valence-electron chi connectivity index (χ2n) is 20.8. The number of hydrogen-bond acceptors (Lipinski definition) is 17. The van der Waals surface area contributed by atoms with Crippen molar-refractivity contribution in [2.75, 3.05) is 89.6 Å². The highest BCUT2D eigenvalue weighted by atomic mass is 19.1. The van der Waals surface area contributed by atoms with Gasteiger partial charge < -0.3 is 44.5 Å². The molecule has 3 aromatic carbocycles. The molecular weight excluding hydrogens is 1010 g/mol. The zero-order chi connectivity index (χ0) is 54.4. The number of terminal acetylenes is 1. The minimum absolute atomic E-state index is 0.0283. The summed E-state index contributed by atoms with van der Waals surface area (Å²) in [6.07, 6.45) is 11.0. The van der Waals surface area contributed by atoms with Crippen molar-refractivity contribution < 1.29 is 56.8 Å². The molecule has 78 heavy (non-hydrogen) atoms. The Labute approximate surface area is 447 Å². The van der Waals surface area contributed by atoms with E-state index >= 15 is 8.78 Å². The number of piperazine rings is 1.